The number of halogens is 3. The van der Waals surface area contributed by atoms with Crippen molar-refractivity contribution >= 4 is 45.2 Å². The summed E-state index contributed by atoms with van der Waals surface area (Å²) >= 11 is 3.96. The highest BCUT2D eigenvalue weighted by atomic mass is 127. The number of rotatable bonds is 4. The van der Waals surface area contributed by atoms with Gasteiger partial charge in [0.1, 0.15) is 21.4 Å². The molecule has 1 aromatic rings. The minimum Gasteiger partial charge on any atom is -0.496 e. The molecule has 0 aliphatic heterocycles. The predicted octanol–water partition coefficient (Wildman–Crippen LogP) is 3.87. The van der Waals surface area contributed by atoms with E-state index in [0.717, 1.165) is 0 Å². The van der Waals surface area contributed by atoms with Crippen molar-refractivity contribution in [3.63, 3.8) is 0 Å². The SMILES string of the molecule is COc1ccc(F)cc1C(C)O/C(I)=C(\N)I. The molecule has 0 aliphatic carbocycles. The van der Waals surface area contributed by atoms with Gasteiger partial charge in [0.2, 0.25) is 0 Å². The zero-order chi connectivity index (χ0) is 13.0. The van der Waals surface area contributed by atoms with Gasteiger partial charge < -0.3 is 15.2 Å². The van der Waals surface area contributed by atoms with Crippen molar-refractivity contribution in [1.29, 1.82) is 0 Å². The van der Waals surface area contributed by atoms with Crippen LogP contribution in [-0.4, -0.2) is 7.11 Å². The summed E-state index contributed by atoms with van der Waals surface area (Å²) in [7, 11) is 1.54. The van der Waals surface area contributed by atoms with Crippen LogP contribution < -0.4 is 10.5 Å². The average Bonchev–Trinajstić information content (AvgIpc) is 2.28. The lowest BCUT2D eigenvalue weighted by Crippen LogP contribution is -2.03. The van der Waals surface area contributed by atoms with E-state index in [0.29, 0.717) is 18.8 Å². The molecule has 2 N–H and O–H groups in total. The van der Waals surface area contributed by atoms with Crippen molar-refractivity contribution in [2.45, 2.75) is 13.0 Å². The maximum Gasteiger partial charge on any atom is 0.186 e. The first-order valence-corrected chi connectivity index (χ1v) is 6.92. The number of hydrogen-bond acceptors (Lipinski definition) is 3. The van der Waals surface area contributed by atoms with E-state index in [1.54, 1.807) is 6.07 Å². The van der Waals surface area contributed by atoms with Gasteiger partial charge in [-0.2, -0.15) is 0 Å². The molecule has 94 valence electrons. The summed E-state index contributed by atoms with van der Waals surface area (Å²) < 4.78 is 25.1. The summed E-state index contributed by atoms with van der Waals surface area (Å²) in [4.78, 5) is 0. The van der Waals surface area contributed by atoms with E-state index in [-0.39, 0.29) is 11.9 Å². The van der Waals surface area contributed by atoms with Crippen molar-refractivity contribution < 1.29 is 13.9 Å². The van der Waals surface area contributed by atoms with Crippen LogP contribution in [0.15, 0.2) is 25.7 Å². The van der Waals surface area contributed by atoms with Gasteiger partial charge in [0.15, 0.2) is 3.77 Å². The van der Waals surface area contributed by atoms with E-state index >= 15 is 0 Å². The number of hydrogen-bond donors (Lipinski definition) is 1. The van der Waals surface area contributed by atoms with Gasteiger partial charge in [-0.05, 0) is 47.7 Å². The Morgan fingerprint density at radius 1 is 1.41 bits per heavy atom. The molecule has 1 rings (SSSR count). The second-order valence-corrected chi connectivity index (χ2v) is 5.41. The first kappa shape index (κ1) is 14.8. The molecule has 17 heavy (non-hydrogen) atoms. The second kappa shape index (κ2) is 6.62. The van der Waals surface area contributed by atoms with Crippen LogP contribution in [0.1, 0.15) is 18.6 Å². The molecular weight excluding hydrogens is 451 g/mol. The van der Waals surface area contributed by atoms with Crippen molar-refractivity contribution in [2.24, 2.45) is 5.73 Å². The molecule has 0 bridgehead atoms. The van der Waals surface area contributed by atoms with Crippen LogP contribution in [0.5, 0.6) is 5.75 Å². The fourth-order valence-corrected chi connectivity index (χ4v) is 1.81. The monoisotopic (exact) mass is 463 g/mol. The molecule has 0 saturated heterocycles. The molecule has 1 atom stereocenters. The third-order valence-electron chi connectivity index (χ3n) is 2.10. The van der Waals surface area contributed by atoms with Gasteiger partial charge in [-0.3, -0.25) is 0 Å². The average molecular weight is 463 g/mol. The Morgan fingerprint density at radius 2 is 2.06 bits per heavy atom. The standard InChI is InChI=1S/C11H12FI2NO2/c1-6(17-11(14)10(13)15)8-5-7(12)3-4-9(8)16-2/h3-6H,15H2,1-2H3/b11-10-. The maximum absolute atomic E-state index is 13.2. The Kier molecular flexibility index (Phi) is 5.77. The molecule has 0 saturated carbocycles. The van der Waals surface area contributed by atoms with Crippen LogP contribution in [0, 0.1) is 5.82 Å². The number of methoxy groups -OCH3 is 1. The smallest absolute Gasteiger partial charge is 0.186 e. The molecule has 0 amide bonds. The van der Waals surface area contributed by atoms with Crippen LogP contribution >= 0.6 is 45.2 Å². The van der Waals surface area contributed by atoms with Gasteiger partial charge in [-0.15, -0.1) is 0 Å². The van der Waals surface area contributed by atoms with Gasteiger partial charge >= 0.3 is 0 Å². The molecule has 0 radical (unpaired) electrons. The molecule has 0 spiro atoms. The number of nitrogens with two attached hydrogens (primary N) is 1. The molecule has 0 aromatic heterocycles. The van der Waals surface area contributed by atoms with Crippen molar-refractivity contribution in [3.05, 3.63) is 37.0 Å². The fraction of sp³-hybridized carbons (Fsp3) is 0.273. The highest BCUT2D eigenvalue weighted by Crippen LogP contribution is 2.32. The first-order chi connectivity index (χ1) is 7.95. The van der Waals surface area contributed by atoms with Crippen LogP contribution in [0.3, 0.4) is 0 Å². The maximum atomic E-state index is 13.2. The zero-order valence-electron chi connectivity index (χ0n) is 9.34. The van der Waals surface area contributed by atoms with Crippen molar-refractivity contribution in [1.82, 2.24) is 0 Å². The quantitative estimate of drug-likeness (QED) is 0.419. The minimum atomic E-state index is -0.333. The van der Waals surface area contributed by atoms with E-state index in [9.17, 15) is 4.39 Å². The molecule has 0 fully saturated rings. The lowest BCUT2D eigenvalue weighted by molar-refractivity contribution is 0.155. The molecule has 0 aliphatic rings. The van der Waals surface area contributed by atoms with E-state index in [1.807, 2.05) is 52.1 Å². The van der Waals surface area contributed by atoms with Gasteiger partial charge in [0.25, 0.3) is 0 Å². The van der Waals surface area contributed by atoms with Crippen LogP contribution in [0.2, 0.25) is 0 Å². The highest BCUT2D eigenvalue weighted by Gasteiger charge is 2.15. The van der Waals surface area contributed by atoms with E-state index in [4.69, 9.17) is 15.2 Å². The topological polar surface area (TPSA) is 44.5 Å². The first-order valence-electron chi connectivity index (χ1n) is 4.76. The largest absolute Gasteiger partial charge is 0.496 e. The van der Waals surface area contributed by atoms with Crippen molar-refractivity contribution in [3.8, 4) is 5.75 Å². The summed E-state index contributed by atoms with van der Waals surface area (Å²) in [5.41, 5.74) is 6.24. The second-order valence-electron chi connectivity index (χ2n) is 3.27. The lowest BCUT2D eigenvalue weighted by Gasteiger charge is -2.17. The molecule has 1 unspecified atom stereocenters. The summed E-state index contributed by atoms with van der Waals surface area (Å²) in [6.45, 7) is 1.82. The molecule has 1 aromatic carbocycles. The number of ether oxygens (including phenoxy) is 2. The van der Waals surface area contributed by atoms with Crippen LogP contribution in [-0.2, 0) is 4.74 Å². The minimum absolute atomic E-state index is 0.322. The summed E-state index contributed by atoms with van der Waals surface area (Å²) in [6.07, 6.45) is -0.333. The Morgan fingerprint density at radius 3 is 2.59 bits per heavy atom. The van der Waals surface area contributed by atoms with E-state index in [2.05, 4.69) is 0 Å². The summed E-state index contributed by atoms with van der Waals surface area (Å²) in [5.74, 6) is 0.271. The highest BCUT2D eigenvalue weighted by molar-refractivity contribution is 14.1. The number of benzene rings is 1. The van der Waals surface area contributed by atoms with E-state index in [1.165, 1.54) is 19.2 Å². The van der Waals surface area contributed by atoms with E-state index < -0.39 is 0 Å². The summed E-state index contributed by atoms with van der Waals surface area (Å²) in [6, 6.07) is 4.33. The molecular formula is C11H12FI2NO2. The third kappa shape index (κ3) is 4.16. The predicted molar refractivity (Wildman–Crippen MR) is 81.7 cm³/mol. The fourth-order valence-electron chi connectivity index (χ4n) is 1.30. The molecule has 3 nitrogen and oxygen atoms in total. The van der Waals surface area contributed by atoms with Gasteiger partial charge in [-0.1, -0.05) is 0 Å². The Balaban J connectivity index is 2.99. The summed E-state index contributed by atoms with van der Waals surface area (Å²) in [5, 5.41) is 0. The normalized spacial score (nSPS) is 13.9. The van der Waals surface area contributed by atoms with Gasteiger partial charge in [-0.25, -0.2) is 4.39 Å². The molecule has 0 heterocycles. The zero-order valence-corrected chi connectivity index (χ0v) is 13.7. The van der Waals surface area contributed by atoms with Gasteiger partial charge in [0, 0.05) is 28.2 Å². The van der Waals surface area contributed by atoms with Crippen LogP contribution in [0.4, 0.5) is 4.39 Å². The van der Waals surface area contributed by atoms with Crippen molar-refractivity contribution in [2.75, 3.05) is 7.11 Å². The Labute approximate surface area is 127 Å². The third-order valence-corrected chi connectivity index (χ3v) is 4.46. The van der Waals surface area contributed by atoms with Crippen LogP contribution in [0.25, 0.3) is 0 Å². The Bertz CT molecular complexity index is 433. The Hall–Kier alpha value is -0.250. The molecule has 6 heteroatoms. The lowest BCUT2D eigenvalue weighted by atomic mass is 10.1. The van der Waals surface area contributed by atoms with Gasteiger partial charge in [0.05, 0.1) is 7.11 Å².